The molecule has 5 aliphatic carbocycles. The summed E-state index contributed by atoms with van der Waals surface area (Å²) in [7, 11) is 0. The highest BCUT2D eigenvalue weighted by molar-refractivity contribution is 5.95. The van der Waals surface area contributed by atoms with Gasteiger partial charge in [0.05, 0.1) is 29.5 Å². The quantitative estimate of drug-likeness (QED) is 0.212. The van der Waals surface area contributed by atoms with E-state index in [0.29, 0.717) is 31.1 Å². The number of rotatable bonds is 8. The second kappa shape index (κ2) is 12.1. The van der Waals surface area contributed by atoms with Crippen LogP contribution < -0.4 is 11.1 Å². The van der Waals surface area contributed by atoms with Gasteiger partial charge in [0.1, 0.15) is 18.4 Å². The second-order valence-corrected chi connectivity index (χ2v) is 19.2. The Balaban J connectivity index is 1.12. The summed E-state index contributed by atoms with van der Waals surface area (Å²) in [4.78, 5) is 14.1. The first kappa shape index (κ1) is 35.5. The highest BCUT2D eigenvalue weighted by Gasteiger charge is 2.73. The highest BCUT2D eigenvalue weighted by atomic mass is 16.6. The zero-order valence-corrected chi connectivity index (χ0v) is 30.6. The summed E-state index contributed by atoms with van der Waals surface area (Å²) in [5, 5.41) is 50.5. The maximum absolute atomic E-state index is 14.1. The molecule has 0 aromatic rings. The van der Waals surface area contributed by atoms with Gasteiger partial charge in [0.2, 0.25) is 0 Å². The van der Waals surface area contributed by atoms with Crippen LogP contribution in [0.3, 0.4) is 0 Å². The van der Waals surface area contributed by atoms with Gasteiger partial charge < -0.3 is 30.5 Å². The molecule has 2 heterocycles. The van der Waals surface area contributed by atoms with E-state index in [-0.39, 0.29) is 35.1 Å². The molecule has 2 aliphatic heterocycles. The number of carbonyl (C=O) groups is 1. The third-order valence-corrected chi connectivity index (χ3v) is 16.6. The van der Waals surface area contributed by atoms with Gasteiger partial charge in [0, 0.05) is 17.8 Å². The monoisotopic (exact) mass is 671 g/mol. The Morgan fingerprint density at radius 2 is 1.67 bits per heavy atom. The third kappa shape index (κ3) is 5.27. The number of hydrogen-bond acceptors (Lipinski definition) is 7. The lowest BCUT2D eigenvalue weighted by Gasteiger charge is -2.63. The highest BCUT2D eigenvalue weighted by Crippen LogP contribution is 2.71. The van der Waals surface area contributed by atoms with Crippen molar-refractivity contribution in [3.8, 4) is 0 Å². The van der Waals surface area contributed by atoms with Crippen molar-refractivity contribution in [1.82, 2.24) is 0 Å². The fourth-order valence-corrected chi connectivity index (χ4v) is 13.2. The Bertz CT molecular complexity index is 1270. The Kier molecular flexibility index (Phi) is 8.95. The molecule has 8 N–H and O–H groups in total. The van der Waals surface area contributed by atoms with E-state index in [1.54, 1.807) is 0 Å². The van der Waals surface area contributed by atoms with Crippen LogP contribution in [0, 0.1) is 45.8 Å². The van der Waals surface area contributed by atoms with E-state index in [4.69, 9.17) is 10.5 Å². The van der Waals surface area contributed by atoms with Crippen molar-refractivity contribution in [2.24, 2.45) is 51.6 Å². The van der Waals surface area contributed by atoms with Crippen LogP contribution in [0.1, 0.15) is 137 Å². The SMILES string of the molecule is CC(O)(C1OC1C(C)(O)C(C)(C)CCC1CC[NH2+]C(N)C1)C1CCC2(O)C3=CC(=O)C4CC(O)CCC4(C4CCCCC4)C3CCC12C. The van der Waals surface area contributed by atoms with Crippen LogP contribution in [0.25, 0.3) is 0 Å². The van der Waals surface area contributed by atoms with Gasteiger partial charge in [-0.2, -0.15) is 0 Å². The normalized spacial score (nSPS) is 47.6. The first-order chi connectivity index (χ1) is 22.5. The van der Waals surface area contributed by atoms with Gasteiger partial charge in [-0.3, -0.25) is 10.5 Å². The van der Waals surface area contributed by atoms with E-state index in [2.05, 4.69) is 26.1 Å². The standard InChI is InChI=1S/C40H66N2O6/c1-35(2,16-11-24-15-20-42-32(41)21-24)38(5,46)34-33(48-34)37(4,45)31-14-19-40(47)28-23-30(44)29-22-26(43)12-18-39(29,25-9-7-6-8-10-25)27(28)13-17-36(31,40)3/h23-27,29,31-34,42-43,45-47H,6-22,41H2,1-5H3/p+1. The number of allylic oxidation sites excluding steroid dienone is 1. The van der Waals surface area contributed by atoms with Crippen molar-refractivity contribution in [1.29, 1.82) is 0 Å². The molecule has 0 spiro atoms. The van der Waals surface area contributed by atoms with Gasteiger partial charge in [-0.15, -0.1) is 0 Å². The number of aliphatic hydroxyl groups excluding tert-OH is 1. The van der Waals surface area contributed by atoms with Gasteiger partial charge >= 0.3 is 0 Å². The van der Waals surface area contributed by atoms with Crippen molar-refractivity contribution in [2.45, 2.75) is 179 Å². The zero-order valence-electron chi connectivity index (χ0n) is 30.6. The van der Waals surface area contributed by atoms with Crippen molar-refractivity contribution in [3.63, 3.8) is 0 Å². The minimum absolute atomic E-state index is 0.107. The molecule has 13 unspecified atom stereocenters. The molecule has 0 bridgehead atoms. The molecule has 8 nitrogen and oxygen atoms in total. The van der Waals surface area contributed by atoms with Crippen LogP contribution in [0.15, 0.2) is 11.6 Å². The second-order valence-electron chi connectivity index (χ2n) is 19.2. The predicted molar refractivity (Wildman–Crippen MR) is 184 cm³/mol. The number of quaternary nitrogens is 1. The first-order valence-corrected chi connectivity index (χ1v) is 19.8. The number of carbonyl (C=O) groups excluding carboxylic acids is 1. The number of epoxide rings is 1. The predicted octanol–water partition coefficient (Wildman–Crippen LogP) is 4.11. The van der Waals surface area contributed by atoms with Gasteiger partial charge in [-0.05, 0) is 137 Å². The van der Waals surface area contributed by atoms with Crippen molar-refractivity contribution < 1.29 is 35.3 Å². The summed E-state index contributed by atoms with van der Waals surface area (Å²) in [6, 6.07) is 0. The van der Waals surface area contributed by atoms with Gasteiger partial charge in [-0.1, -0.05) is 40.0 Å². The molecular formula is C40H67N2O6+. The van der Waals surface area contributed by atoms with E-state index in [9.17, 15) is 25.2 Å². The molecule has 13 atom stereocenters. The van der Waals surface area contributed by atoms with Crippen LogP contribution in [0.2, 0.25) is 0 Å². The largest absolute Gasteiger partial charge is 0.393 e. The zero-order chi connectivity index (χ0) is 34.5. The lowest BCUT2D eigenvalue weighted by Crippen LogP contribution is -2.94. The summed E-state index contributed by atoms with van der Waals surface area (Å²) in [6.07, 6.45) is 15.5. The maximum atomic E-state index is 14.1. The Morgan fingerprint density at radius 3 is 2.38 bits per heavy atom. The average molecular weight is 672 g/mol. The van der Waals surface area contributed by atoms with E-state index < -0.39 is 45.9 Å². The number of nitrogens with two attached hydrogens (primary N) is 2. The van der Waals surface area contributed by atoms with E-state index >= 15 is 0 Å². The molecule has 8 heteroatoms. The lowest BCUT2D eigenvalue weighted by atomic mass is 9.42. The number of piperidine rings is 1. The van der Waals surface area contributed by atoms with E-state index in [1.807, 2.05) is 19.9 Å². The van der Waals surface area contributed by atoms with Crippen molar-refractivity contribution in [3.05, 3.63) is 11.6 Å². The minimum atomic E-state index is -1.25. The smallest absolute Gasteiger partial charge is 0.159 e. The summed E-state index contributed by atoms with van der Waals surface area (Å²) >= 11 is 0. The topological polar surface area (TPSA) is 153 Å². The van der Waals surface area contributed by atoms with Crippen LogP contribution in [0.5, 0.6) is 0 Å². The van der Waals surface area contributed by atoms with E-state index in [0.717, 1.165) is 76.3 Å². The molecule has 0 aromatic heterocycles. The third-order valence-electron chi connectivity index (χ3n) is 16.6. The molecule has 0 radical (unpaired) electrons. The van der Waals surface area contributed by atoms with Gasteiger partial charge in [-0.25, -0.2) is 0 Å². The first-order valence-electron chi connectivity index (χ1n) is 19.8. The lowest BCUT2D eigenvalue weighted by molar-refractivity contribution is -0.699. The Morgan fingerprint density at radius 1 is 0.938 bits per heavy atom. The van der Waals surface area contributed by atoms with Crippen molar-refractivity contribution >= 4 is 5.78 Å². The molecule has 0 amide bonds. The summed E-state index contributed by atoms with van der Waals surface area (Å²) in [6.45, 7) is 11.2. The molecule has 272 valence electrons. The Labute approximate surface area is 289 Å². The van der Waals surface area contributed by atoms with Crippen LogP contribution >= 0.6 is 0 Å². The van der Waals surface area contributed by atoms with Crippen molar-refractivity contribution in [2.75, 3.05) is 6.54 Å². The molecule has 48 heavy (non-hydrogen) atoms. The molecule has 6 fully saturated rings. The fourth-order valence-electron chi connectivity index (χ4n) is 13.2. The van der Waals surface area contributed by atoms with Crippen LogP contribution in [-0.2, 0) is 9.53 Å². The molecule has 2 saturated heterocycles. The van der Waals surface area contributed by atoms with Crippen LogP contribution in [-0.4, -0.2) is 74.0 Å². The number of hydrogen-bond donors (Lipinski definition) is 6. The van der Waals surface area contributed by atoms with Gasteiger partial charge in [0.25, 0.3) is 0 Å². The fraction of sp³-hybridized carbons (Fsp3) is 0.925. The molecular weight excluding hydrogens is 604 g/mol. The number of fused-ring (bicyclic) bond motifs is 5. The molecule has 7 rings (SSSR count). The van der Waals surface area contributed by atoms with Crippen LogP contribution in [0.4, 0.5) is 0 Å². The Hall–Kier alpha value is -0.870. The molecule has 7 aliphatic rings. The van der Waals surface area contributed by atoms with Gasteiger partial charge in [0.15, 0.2) is 5.78 Å². The average Bonchev–Trinajstić information content (AvgIpc) is 3.81. The number of ether oxygens (including phenoxy) is 1. The van der Waals surface area contributed by atoms with E-state index in [1.165, 1.54) is 19.3 Å². The number of aliphatic hydroxyl groups is 4. The summed E-state index contributed by atoms with van der Waals surface area (Å²) in [5.74, 6) is 0.867. The molecule has 4 saturated carbocycles. The molecule has 0 aromatic carbocycles. The minimum Gasteiger partial charge on any atom is -0.393 e. The summed E-state index contributed by atoms with van der Waals surface area (Å²) in [5.41, 5.74) is 2.36. The summed E-state index contributed by atoms with van der Waals surface area (Å²) < 4.78 is 6.31. The maximum Gasteiger partial charge on any atom is 0.159 e. The number of ketones is 1.